The highest BCUT2D eigenvalue weighted by atomic mass is 16.5. The fraction of sp³-hybridized carbons (Fsp3) is 0.692. The number of aryl methyl sites for hydroxylation is 1. The number of ether oxygens (including phenoxy) is 2. The Morgan fingerprint density at radius 2 is 2.22 bits per heavy atom. The van der Waals surface area contributed by atoms with E-state index in [1.807, 2.05) is 20.0 Å². The first-order valence-electron chi connectivity index (χ1n) is 6.36. The van der Waals surface area contributed by atoms with Gasteiger partial charge in [0, 0.05) is 31.1 Å². The first-order valence-corrected chi connectivity index (χ1v) is 6.36. The smallest absolute Gasteiger partial charge is 0.316 e. The summed E-state index contributed by atoms with van der Waals surface area (Å²) >= 11 is 0. The number of methoxy groups -OCH3 is 1. The van der Waals surface area contributed by atoms with Crippen LogP contribution in [0.15, 0.2) is 6.20 Å². The van der Waals surface area contributed by atoms with Gasteiger partial charge in [-0.1, -0.05) is 6.92 Å². The van der Waals surface area contributed by atoms with Gasteiger partial charge in [-0.3, -0.25) is 0 Å². The summed E-state index contributed by atoms with van der Waals surface area (Å²) in [6.45, 7) is 8.38. The summed E-state index contributed by atoms with van der Waals surface area (Å²) in [7, 11) is 1.65. The quantitative estimate of drug-likeness (QED) is 0.715. The molecule has 0 aromatic carbocycles. The first-order chi connectivity index (χ1) is 8.67. The molecule has 5 nitrogen and oxygen atoms in total. The standard InChI is InChI=1S/C13H23N3O2/c1-5-6-14-7-12-8-15-13(16-11(12)3)18-10(2)9-17-4/h8,10,14H,5-7,9H2,1-4H3. The maximum absolute atomic E-state index is 5.55. The molecule has 1 aromatic rings. The van der Waals surface area contributed by atoms with Gasteiger partial charge in [0.05, 0.1) is 6.61 Å². The molecule has 0 bridgehead atoms. The first kappa shape index (κ1) is 14.9. The van der Waals surface area contributed by atoms with E-state index in [2.05, 4.69) is 22.2 Å². The maximum atomic E-state index is 5.55. The van der Waals surface area contributed by atoms with E-state index in [4.69, 9.17) is 9.47 Å². The van der Waals surface area contributed by atoms with Crippen LogP contribution in [0, 0.1) is 6.92 Å². The van der Waals surface area contributed by atoms with Gasteiger partial charge in [0.2, 0.25) is 0 Å². The number of nitrogens with one attached hydrogen (secondary N) is 1. The van der Waals surface area contributed by atoms with Crippen molar-refractivity contribution in [3.05, 3.63) is 17.5 Å². The van der Waals surface area contributed by atoms with E-state index in [1.165, 1.54) is 0 Å². The minimum Gasteiger partial charge on any atom is -0.458 e. The largest absolute Gasteiger partial charge is 0.458 e. The highest BCUT2D eigenvalue weighted by Crippen LogP contribution is 2.10. The van der Waals surface area contributed by atoms with Crippen LogP contribution in [-0.4, -0.2) is 36.3 Å². The van der Waals surface area contributed by atoms with E-state index < -0.39 is 0 Å². The third-order valence-corrected chi connectivity index (χ3v) is 2.51. The summed E-state index contributed by atoms with van der Waals surface area (Å²) in [5, 5.41) is 3.33. The number of aromatic nitrogens is 2. The van der Waals surface area contributed by atoms with Gasteiger partial charge in [-0.05, 0) is 26.8 Å². The van der Waals surface area contributed by atoms with Crippen molar-refractivity contribution in [3.8, 4) is 6.01 Å². The molecule has 0 fully saturated rings. The van der Waals surface area contributed by atoms with Crippen LogP contribution in [0.1, 0.15) is 31.5 Å². The normalized spacial score (nSPS) is 12.4. The lowest BCUT2D eigenvalue weighted by atomic mass is 10.2. The lowest BCUT2D eigenvalue weighted by Crippen LogP contribution is -2.20. The molecule has 0 aliphatic carbocycles. The predicted octanol–water partition coefficient (Wildman–Crippen LogP) is 1.70. The maximum Gasteiger partial charge on any atom is 0.316 e. The Bertz CT molecular complexity index is 358. The number of rotatable bonds is 8. The lowest BCUT2D eigenvalue weighted by molar-refractivity contribution is 0.0853. The van der Waals surface area contributed by atoms with Gasteiger partial charge in [0.25, 0.3) is 0 Å². The van der Waals surface area contributed by atoms with Crippen LogP contribution < -0.4 is 10.1 Å². The summed E-state index contributed by atoms with van der Waals surface area (Å²) in [6, 6.07) is 0.413. The molecule has 0 amide bonds. The third-order valence-electron chi connectivity index (χ3n) is 2.51. The van der Waals surface area contributed by atoms with Gasteiger partial charge in [0.15, 0.2) is 0 Å². The molecule has 5 heteroatoms. The van der Waals surface area contributed by atoms with Crippen LogP contribution in [0.5, 0.6) is 6.01 Å². The van der Waals surface area contributed by atoms with Crippen LogP contribution in [-0.2, 0) is 11.3 Å². The van der Waals surface area contributed by atoms with E-state index in [-0.39, 0.29) is 6.10 Å². The highest BCUT2D eigenvalue weighted by molar-refractivity contribution is 5.17. The molecular weight excluding hydrogens is 230 g/mol. The van der Waals surface area contributed by atoms with Crippen LogP contribution in [0.4, 0.5) is 0 Å². The summed E-state index contributed by atoms with van der Waals surface area (Å²) in [4.78, 5) is 8.56. The second-order valence-corrected chi connectivity index (χ2v) is 4.32. The van der Waals surface area contributed by atoms with Crippen molar-refractivity contribution in [2.75, 3.05) is 20.3 Å². The molecule has 0 saturated carbocycles. The van der Waals surface area contributed by atoms with Gasteiger partial charge in [-0.25, -0.2) is 9.97 Å². The topological polar surface area (TPSA) is 56.3 Å². The predicted molar refractivity (Wildman–Crippen MR) is 70.7 cm³/mol. The molecule has 0 spiro atoms. The van der Waals surface area contributed by atoms with E-state index in [1.54, 1.807) is 7.11 Å². The number of hydrogen-bond acceptors (Lipinski definition) is 5. The zero-order valence-corrected chi connectivity index (χ0v) is 11.7. The number of hydrogen-bond donors (Lipinski definition) is 1. The van der Waals surface area contributed by atoms with Crippen molar-refractivity contribution in [2.45, 2.75) is 39.8 Å². The van der Waals surface area contributed by atoms with Crippen molar-refractivity contribution in [3.63, 3.8) is 0 Å². The van der Waals surface area contributed by atoms with Crippen molar-refractivity contribution in [2.24, 2.45) is 0 Å². The van der Waals surface area contributed by atoms with Crippen LogP contribution in [0.2, 0.25) is 0 Å². The Hall–Kier alpha value is -1.20. The molecule has 1 unspecified atom stereocenters. The molecule has 102 valence electrons. The van der Waals surface area contributed by atoms with Crippen molar-refractivity contribution < 1.29 is 9.47 Å². The molecule has 0 aliphatic rings. The summed E-state index contributed by atoms with van der Waals surface area (Å²) < 4.78 is 10.6. The lowest BCUT2D eigenvalue weighted by Gasteiger charge is -2.13. The molecule has 18 heavy (non-hydrogen) atoms. The molecule has 1 rings (SSSR count). The Balaban J connectivity index is 2.55. The minimum absolute atomic E-state index is 0.0431. The van der Waals surface area contributed by atoms with Gasteiger partial charge in [-0.15, -0.1) is 0 Å². The van der Waals surface area contributed by atoms with E-state index in [0.29, 0.717) is 12.6 Å². The average molecular weight is 253 g/mol. The Morgan fingerprint density at radius 1 is 1.44 bits per heavy atom. The van der Waals surface area contributed by atoms with Crippen molar-refractivity contribution in [1.82, 2.24) is 15.3 Å². The SMILES string of the molecule is CCCNCc1cnc(OC(C)COC)nc1C. The van der Waals surface area contributed by atoms with Crippen molar-refractivity contribution in [1.29, 1.82) is 0 Å². The molecule has 0 saturated heterocycles. The number of nitrogens with zero attached hydrogens (tertiary/aromatic N) is 2. The summed E-state index contributed by atoms with van der Waals surface area (Å²) in [5.41, 5.74) is 2.06. The van der Waals surface area contributed by atoms with Crippen LogP contribution in [0.25, 0.3) is 0 Å². The molecule has 1 aromatic heterocycles. The second-order valence-electron chi connectivity index (χ2n) is 4.32. The molecule has 1 N–H and O–H groups in total. The molecular formula is C13H23N3O2. The van der Waals surface area contributed by atoms with Gasteiger partial charge < -0.3 is 14.8 Å². The Morgan fingerprint density at radius 3 is 2.83 bits per heavy atom. The molecule has 1 atom stereocenters. The van der Waals surface area contributed by atoms with Crippen LogP contribution >= 0.6 is 0 Å². The fourth-order valence-corrected chi connectivity index (χ4v) is 1.55. The zero-order chi connectivity index (χ0) is 13.4. The third kappa shape index (κ3) is 4.98. The molecule has 0 radical (unpaired) electrons. The fourth-order valence-electron chi connectivity index (χ4n) is 1.55. The minimum atomic E-state index is -0.0431. The van der Waals surface area contributed by atoms with Crippen LogP contribution in [0.3, 0.4) is 0 Å². The van der Waals surface area contributed by atoms with E-state index in [0.717, 1.165) is 30.8 Å². The molecule has 0 aliphatic heterocycles. The van der Waals surface area contributed by atoms with Gasteiger partial charge in [0.1, 0.15) is 6.10 Å². The van der Waals surface area contributed by atoms with Crippen molar-refractivity contribution >= 4 is 0 Å². The monoisotopic (exact) mass is 253 g/mol. The Kier molecular flexibility index (Phi) is 6.60. The second kappa shape index (κ2) is 8.00. The molecule has 1 heterocycles. The van der Waals surface area contributed by atoms with Gasteiger partial charge in [-0.2, -0.15) is 0 Å². The van der Waals surface area contributed by atoms with Gasteiger partial charge >= 0.3 is 6.01 Å². The van der Waals surface area contributed by atoms with E-state index in [9.17, 15) is 0 Å². The average Bonchev–Trinajstić information content (AvgIpc) is 2.32. The summed E-state index contributed by atoms with van der Waals surface area (Å²) in [5.74, 6) is 0. The summed E-state index contributed by atoms with van der Waals surface area (Å²) in [6.07, 6.45) is 2.90. The Labute approximate surface area is 109 Å². The zero-order valence-electron chi connectivity index (χ0n) is 11.7. The highest BCUT2D eigenvalue weighted by Gasteiger charge is 2.08. The van der Waals surface area contributed by atoms with E-state index >= 15 is 0 Å².